The van der Waals surface area contributed by atoms with Crippen LogP contribution in [0.15, 0.2) is 49.1 Å². The van der Waals surface area contributed by atoms with E-state index in [0.717, 1.165) is 12.1 Å². The Bertz CT molecular complexity index is 1090. The molecule has 2 amide bonds. The van der Waals surface area contributed by atoms with Gasteiger partial charge in [-0.1, -0.05) is 11.6 Å². The molecule has 2 aromatic carbocycles. The highest BCUT2D eigenvalue weighted by atomic mass is 35.5. The Morgan fingerprint density at radius 2 is 1.90 bits per heavy atom. The van der Waals surface area contributed by atoms with E-state index in [0.29, 0.717) is 5.02 Å². The van der Waals surface area contributed by atoms with Gasteiger partial charge >= 0.3 is 6.18 Å². The first kappa shape index (κ1) is 21.1. The number of halogens is 4. The Labute approximate surface area is 172 Å². The van der Waals surface area contributed by atoms with E-state index in [1.165, 1.54) is 41.6 Å². The molecule has 0 bridgehead atoms. The van der Waals surface area contributed by atoms with Crippen molar-refractivity contribution in [3.63, 3.8) is 0 Å². The molecule has 1 aromatic heterocycles. The van der Waals surface area contributed by atoms with E-state index in [4.69, 9.17) is 17.3 Å². The predicted octanol–water partition coefficient (Wildman–Crippen LogP) is 3.09. The molecule has 3 aromatic rings. The second-order valence-corrected chi connectivity index (χ2v) is 6.46. The Balaban J connectivity index is 1.83. The van der Waals surface area contributed by atoms with E-state index in [-0.39, 0.29) is 29.2 Å². The van der Waals surface area contributed by atoms with E-state index < -0.39 is 23.6 Å². The summed E-state index contributed by atoms with van der Waals surface area (Å²) in [5.74, 6) is -1.41. The summed E-state index contributed by atoms with van der Waals surface area (Å²) in [6, 6.07) is 7.09. The van der Waals surface area contributed by atoms with Gasteiger partial charge in [-0.25, -0.2) is 9.67 Å². The Kier molecular flexibility index (Phi) is 5.92. The monoisotopic (exact) mass is 438 g/mol. The molecule has 0 radical (unpaired) electrons. The van der Waals surface area contributed by atoms with Crippen LogP contribution in [-0.4, -0.2) is 33.1 Å². The predicted molar refractivity (Wildman–Crippen MR) is 103 cm³/mol. The standard InChI is InChI=1S/C18H14ClF3N6O2/c19-11-2-3-12(17(23)30)13(6-11)25-7-16(29)27-14-5-10(18(20,21)22)1-4-15(14)28-9-24-8-26-28/h1-6,8-9,25H,7H2,(H2,23,30)(H,27,29). The van der Waals surface area contributed by atoms with Crippen molar-refractivity contribution in [2.75, 3.05) is 17.2 Å². The average molecular weight is 439 g/mol. The first-order chi connectivity index (χ1) is 14.1. The molecule has 0 saturated carbocycles. The smallest absolute Gasteiger partial charge is 0.375 e. The minimum atomic E-state index is -4.60. The number of benzene rings is 2. The lowest BCUT2D eigenvalue weighted by molar-refractivity contribution is -0.137. The number of anilines is 2. The van der Waals surface area contributed by atoms with E-state index in [2.05, 4.69) is 20.7 Å². The number of aromatic nitrogens is 3. The Morgan fingerprint density at radius 1 is 1.13 bits per heavy atom. The summed E-state index contributed by atoms with van der Waals surface area (Å²) < 4.78 is 40.5. The van der Waals surface area contributed by atoms with Crippen LogP contribution in [0, 0.1) is 0 Å². The molecule has 0 unspecified atom stereocenters. The summed E-state index contributed by atoms with van der Waals surface area (Å²) in [7, 11) is 0. The number of hydrogen-bond acceptors (Lipinski definition) is 5. The van der Waals surface area contributed by atoms with Crippen LogP contribution in [-0.2, 0) is 11.0 Å². The van der Waals surface area contributed by atoms with Crippen LogP contribution >= 0.6 is 11.6 Å². The van der Waals surface area contributed by atoms with Crippen molar-refractivity contribution >= 4 is 34.8 Å². The Hall–Kier alpha value is -3.60. The SMILES string of the molecule is NC(=O)c1ccc(Cl)cc1NCC(=O)Nc1cc(C(F)(F)F)ccc1-n1cncn1. The van der Waals surface area contributed by atoms with Gasteiger partial charge in [-0.2, -0.15) is 18.3 Å². The van der Waals surface area contributed by atoms with Crippen LogP contribution in [0.5, 0.6) is 0 Å². The van der Waals surface area contributed by atoms with E-state index >= 15 is 0 Å². The van der Waals surface area contributed by atoms with Crippen molar-refractivity contribution in [2.24, 2.45) is 5.73 Å². The average Bonchev–Trinajstić information content (AvgIpc) is 3.20. The molecule has 156 valence electrons. The van der Waals surface area contributed by atoms with Gasteiger partial charge in [-0.3, -0.25) is 9.59 Å². The molecule has 0 aliphatic carbocycles. The highest BCUT2D eigenvalue weighted by Gasteiger charge is 2.31. The second-order valence-electron chi connectivity index (χ2n) is 6.03. The largest absolute Gasteiger partial charge is 0.416 e. The third-order valence-electron chi connectivity index (χ3n) is 3.95. The molecule has 1 heterocycles. The number of carbonyl (C=O) groups is 2. The molecular weight excluding hydrogens is 425 g/mol. The summed E-state index contributed by atoms with van der Waals surface area (Å²) in [5.41, 5.74) is 4.72. The zero-order valence-electron chi connectivity index (χ0n) is 15.1. The summed E-state index contributed by atoms with van der Waals surface area (Å²) >= 11 is 5.89. The zero-order chi connectivity index (χ0) is 21.9. The summed E-state index contributed by atoms with van der Waals surface area (Å²) in [4.78, 5) is 27.6. The number of alkyl halides is 3. The zero-order valence-corrected chi connectivity index (χ0v) is 15.8. The summed E-state index contributed by atoms with van der Waals surface area (Å²) in [6.07, 6.45) is -2.12. The summed E-state index contributed by atoms with van der Waals surface area (Å²) in [5, 5.41) is 9.28. The number of nitrogens with zero attached hydrogens (tertiary/aromatic N) is 3. The first-order valence-electron chi connectivity index (χ1n) is 8.34. The lowest BCUT2D eigenvalue weighted by Crippen LogP contribution is -2.24. The van der Waals surface area contributed by atoms with Crippen LogP contribution in [0.3, 0.4) is 0 Å². The van der Waals surface area contributed by atoms with Crippen molar-refractivity contribution in [3.05, 3.63) is 65.2 Å². The van der Waals surface area contributed by atoms with Gasteiger partial charge in [0.05, 0.1) is 29.0 Å². The van der Waals surface area contributed by atoms with Crippen molar-refractivity contribution in [2.45, 2.75) is 6.18 Å². The van der Waals surface area contributed by atoms with Gasteiger partial charge in [0, 0.05) is 10.7 Å². The third kappa shape index (κ3) is 4.87. The van der Waals surface area contributed by atoms with Crippen LogP contribution in [0.4, 0.5) is 24.5 Å². The molecule has 0 fully saturated rings. The number of amides is 2. The van der Waals surface area contributed by atoms with Gasteiger partial charge in [0.15, 0.2) is 0 Å². The lowest BCUT2D eigenvalue weighted by atomic mass is 10.1. The number of primary amides is 1. The van der Waals surface area contributed by atoms with Crippen molar-refractivity contribution < 1.29 is 22.8 Å². The van der Waals surface area contributed by atoms with E-state index in [9.17, 15) is 22.8 Å². The maximum atomic E-state index is 13.1. The van der Waals surface area contributed by atoms with Crippen LogP contribution < -0.4 is 16.4 Å². The number of nitrogens with two attached hydrogens (primary N) is 1. The van der Waals surface area contributed by atoms with Crippen LogP contribution in [0.1, 0.15) is 15.9 Å². The molecule has 0 aliphatic heterocycles. The summed E-state index contributed by atoms with van der Waals surface area (Å²) in [6.45, 7) is -0.367. The minimum absolute atomic E-state index is 0.106. The van der Waals surface area contributed by atoms with Gasteiger partial charge < -0.3 is 16.4 Å². The van der Waals surface area contributed by atoms with Crippen molar-refractivity contribution in [1.82, 2.24) is 14.8 Å². The Morgan fingerprint density at radius 3 is 2.53 bits per heavy atom. The minimum Gasteiger partial charge on any atom is -0.375 e. The molecule has 0 aliphatic rings. The quantitative estimate of drug-likeness (QED) is 0.547. The fourth-order valence-corrected chi connectivity index (χ4v) is 2.76. The molecule has 0 atom stereocenters. The van der Waals surface area contributed by atoms with Gasteiger partial charge in [0.1, 0.15) is 12.7 Å². The van der Waals surface area contributed by atoms with Crippen molar-refractivity contribution in [1.29, 1.82) is 0 Å². The van der Waals surface area contributed by atoms with Gasteiger partial charge in [0.25, 0.3) is 5.91 Å². The molecule has 8 nitrogen and oxygen atoms in total. The van der Waals surface area contributed by atoms with E-state index in [1.807, 2.05) is 0 Å². The fraction of sp³-hybridized carbons (Fsp3) is 0.111. The molecule has 12 heteroatoms. The van der Waals surface area contributed by atoms with E-state index in [1.54, 1.807) is 0 Å². The van der Waals surface area contributed by atoms with Crippen LogP contribution in [0.2, 0.25) is 5.02 Å². The maximum absolute atomic E-state index is 13.1. The molecular formula is C18H14ClF3N6O2. The number of hydrogen-bond donors (Lipinski definition) is 3. The molecule has 4 N–H and O–H groups in total. The molecule has 0 spiro atoms. The highest BCUT2D eigenvalue weighted by molar-refractivity contribution is 6.31. The van der Waals surface area contributed by atoms with Crippen LogP contribution in [0.25, 0.3) is 5.69 Å². The lowest BCUT2D eigenvalue weighted by Gasteiger charge is -2.15. The van der Waals surface area contributed by atoms with Gasteiger partial charge in [-0.05, 0) is 36.4 Å². The molecule has 0 saturated heterocycles. The molecule has 30 heavy (non-hydrogen) atoms. The number of nitrogens with one attached hydrogen (secondary N) is 2. The number of rotatable bonds is 6. The van der Waals surface area contributed by atoms with Crippen molar-refractivity contribution in [3.8, 4) is 5.69 Å². The van der Waals surface area contributed by atoms with Gasteiger partial charge in [0.2, 0.25) is 5.91 Å². The number of carbonyl (C=O) groups excluding carboxylic acids is 2. The fourth-order valence-electron chi connectivity index (χ4n) is 2.59. The third-order valence-corrected chi connectivity index (χ3v) is 4.19. The highest BCUT2D eigenvalue weighted by Crippen LogP contribution is 2.33. The maximum Gasteiger partial charge on any atom is 0.416 e. The first-order valence-corrected chi connectivity index (χ1v) is 8.72. The van der Waals surface area contributed by atoms with Gasteiger partial charge in [-0.15, -0.1) is 0 Å². The normalized spacial score (nSPS) is 11.2. The second kappa shape index (κ2) is 8.41. The molecule has 3 rings (SSSR count). The topological polar surface area (TPSA) is 115 Å².